The Morgan fingerprint density at radius 3 is 2.62 bits per heavy atom. The van der Waals surface area contributed by atoms with Gasteiger partial charge in [0.05, 0.1) is 29.3 Å². The molecule has 2 aliphatic heterocycles. The second kappa shape index (κ2) is 9.43. The Hall–Kier alpha value is -3.45. The minimum absolute atomic E-state index is 0.114. The highest BCUT2D eigenvalue weighted by atomic mass is 32.1. The number of benzene rings is 2. The highest BCUT2D eigenvalue weighted by Crippen LogP contribution is 2.35. The average molecular weight is 474 g/mol. The summed E-state index contributed by atoms with van der Waals surface area (Å²) in [5.41, 5.74) is 2.78. The van der Waals surface area contributed by atoms with Gasteiger partial charge in [0.2, 0.25) is 5.91 Å². The molecule has 174 valence electrons. The van der Waals surface area contributed by atoms with Crippen LogP contribution in [0.4, 0.5) is 5.69 Å². The van der Waals surface area contributed by atoms with Crippen LogP contribution in [-0.4, -0.2) is 47.7 Å². The summed E-state index contributed by atoms with van der Waals surface area (Å²) in [4.78, 5) is 45.8. The van der Waals surface area contributed by atoms with E-state index in [2.05, 4.69) is 4.90 Å². The van der Waals surface area contributed by atoms with Gasteiger partial charge in [-0.15, -0.1) is 11.3 Å². The SMILES string of the molecule is CN(Cc1ccccc1)C(=O)[C@@H]1CCCN(c2cccc3c2C(=O)N(Cc2cccs2)C3=O)C1. The Labute approximate surface area is 203 Å². The van der Waals surface area contributed by atoms with E-state index in [-0.39, 0.29) is 30.2 Å². The summed E-state index contributed by atoms with van der Waals surface area (Å²) in [6.07, 6.45) is 1.68. The molecule has 6 nitrogen and oxygen atoms in total. The number of carbonyl (C=O) groups is 3. The van der Waals surface area contributed by atoms with Crippen LogP contribution < -0.4 is 4.90 Å². The third-order valence-electron chi connectivity index (χ3n) is 6.62. The van der Waals surface area contributed by atoms with Crippen molar-refractivity contribution in [3.8, 4) is 0 Å². The zero-order chi connectivity index (χ0) is 23.7. The molecule has 1 aromatic heterocycles. The van der Waals surface area contributed by atoms with Crippen molar-refractivity contribution in [3.63, 3.8) is 0 Å². The minimum Gasteiger partial charge on any atom is -0.370 e. The van der Waals surface area contributed by atoms with Crippen molar-refractivity contribution in [2.75, 3.05) is 25.0 Å². The Morgan fingerprint density at radius 2 is 1.85 bits per heavy atom. The summed E-state index contributed by atoms with van der Waals surface area (Å²) >= 11 is 1.53. The van der Waals surface area contributed by atoms with Crippen LogP contribution in [0.15, 0.2) is 66.0 Å². The van der Waals surface area contributed by atoms with E-state index >= 15 is 0 Å². The van der Waals surface area contributed by atoms with Crippen LogP contribution in [0, 0.1) is 5.92 Å². The van der Waals surface area contributed by atoms with Crippen LogP contribution in [-0.2, 0) is 17.9 Å². The first-order valence-corrected chi connectivity index (χ1v) is 12.5. The lowest BCUT2D eigenvalue weighted by Gasteiger charge is -2.36. The normalized spacial score (nSPS) is 17.7. The quantitative estimate of drug-likeness (QED) is 0.498. The first-order chi connectivity index (χ1) is 16.5. The fraction of sp³-hybridized carbons (Fsp3) is 0.296. The third-order valence-corrected chi connectivity index (χ3v) is 7.48. The molecule has 1 fully saturated rings. The van der Waals surface area contributed by atoms with Gasteiger partial charge in [-0.1, -0.05) is 42.5 Å². The van der Waals surface area contributed by atoms with E-state index in [9.17, 15) is 14.4 Å². The van der Waals surface area contributed by atoms with Crippen molar-refractivity contribution in [2.24, 2.45) is 5.92 Å². The number of carbonyl (C=O) groups excluding carboxylic acids is 3. The van der Waals surface area contributed by atoms with E-state index in [0.717, 1.165) is 35.5 Å². The standard InChI is InChI=1S/C27H27N3O3S/c1-28(16-19-8-3-2-4-9-19)25(31)20-10-6-14-29(17-20)23-13-5-12-22-24(23)27(33)30(26(22)32)18-21-11-7-15-34-21/h2-5,7-9,11-13,15,20H,6,10,14,16-18H2,1H3/t20-/m1/s1. The molecule has 3 amide bonds. The number of anilines is 1. The zero-order valence-electron chi connectivity index (χ0n) is 19.1. The van der Waals surface area contributed by atoms with Gasteiger partial charge in [0, 0.05) is 31.6 Å². The van der Waals surface area contributed by atoms with Crippen molar-refractivity contribution >= 4 is 34.7 Å². The minimum atomic E-state index is -0.251. The van der Waals surface area contributed by atoms with E-state index in [4.69, 9.17) is 0 Å². The van der Waals surface area contributed by atoms with E-state index in [0.29, 0.717) is 24.2 Å². The lowest BCUT2D eigenvalue weighted by Crippen LogP contribution is -2.44. The summed E-state index contributed by atoms with van der Waals surface area (Å²) in [5, 5.41) is 1.94. The van der Waals surface area contributed by atoms with Gasteiger partial charge < -0.3 is 9.80 Å². The van der Waals surface area contributed by atoms with Gasteiger partial charge >= 0.3 is 0 Å². The van der Waals surface area contributed by atoms with Crippen molar-refractivity contribution < 1.29 is 14.4 Å². The largest absolute Gasteiger partial charge is 0.370 e. The Bertz CT molecular complexity index is 1210. The van der Waals surface area contributed by atoms with E-state index in [1.807, 2.05) is 67.0 Å². The third kappa shape index (κ3) is 4.23. The van der Waals surface area contributed by atoms with Crippen molar-refractivity contribution in [1.29, 1.82) is 0 Å². The molecular weight excluding hydrogens is 446 g/mol. The molecule has 0 N–H and O–H groups in total. The Morgan fingerprint density at radius 1 is 1.03 bits per heavy atom. The summed E-state index contributed by atoms with van der Waals surface area (Å²) in [7, 11) is 1.85. The molecule has 0 spiro atoms. The van der Waals surface area contributed by atoms with Gasteiger partial charge in [-0.3, -0.25) is 19.3 Å². The van der Waals surface area contributed by atoms with Crippen LogP contribution in [0.25, 0.3) is 0 Å². The molecule has 2 aromatic carbocycles. The van der Waals surface area contributed by atoms with Gasteiger partial charge in [0.1, 0.15) is 0 Å². The van der Waals surface area contributed by atoms with E-state index in [1.54, 1.807) is 11.0 Å². The molecule has 3 heterocycles. The Balaban J connectivity index is 1.34. The van der Waals surface area contributed by atoms with Crippen LogP contribution in [0.1, 0.15) is 44.0 Å². The predicted molar refractivity (Wildman–Crippen MR) is 133 cm³/mol. The van der Waals surface area contributed by atoms with Crippen molar-refractivity contribution in [1.82, 2.24) is 9.80 Å². The van der Waals surface area contributed by atoms with Gasteiger partial charge in [0.15, 0.2) is 0 Å². The van der Waals surface area contributed by atoms with Crippen LogP contribution in [0.3, 0.4) is 0 Å². The average Bonchev–Trinajstić information content (AvgIpc) is 3.47. The fourth-order valence-corrected chi connectivity index (χ4v) is 5.62. The molecule has 34 heavy (non-hydrogen) atoms. The molecule has 0 saturated carbocycles. The summed E-state index contributed by atoms with van der Waals surface area (Å²) in [5.74, 6) is -0.531. The fourth-order valence-electron chi connectivity index (χ4n) is 4.93. The summed E-state index contributed by atoms with van der Waals surface area (Å²) < 4.78 is 0. The van der Waals surface area contributed by atoms with Crippen LogP contribution in [0.2, 0.25) is 0 Å². The molecule has 1 saturated heterocycles. The van der Waals surface area contributed by atoms with Crippen LogP contribution in [0.5, 0.6) is 0 Å². The number of piperidine rings is 1. The molecular formula is C27H27N3O3S. The molecule has 0 aliphatic carbocycles. The Kier molecular flexibility index (Phi) is 6.20. The second-order valence-electron chi connectivity index (χ2n) is 8.94. The molecule has 0 unspecified atom stereocenters. The smallest absolute Gasteiger partial charge is 0.264 e. The summed E-state index contributed by atoms with van der Waals surface area (Å²) in [6.45, 7) is 2.16. The molecule has 0 bridgehead atoms. The van der Waals surface area contributed by atoms with E-state index < -0.39 is 0 Å². The second-order valence-corrected chi connectivity index (χ2v) is 9.97. The van der Waals surface area contributed by atoms with Gasteiger partial charge in [-0.2, -0.15) is 0 Å². The number of imide groups is 1. The highest BCUT2D eigenvalue weighted by Gasteiger charge is 2.39. The molecule has 1 atom stereocenters. The maximum absolute atomic E-state index is 13.3. The molecule has 0 radical (unpaired) electrons. The molecule has 7 heteroatoms. The maximum Gasteiger partial charge on any atom is 0.264 e. The predicted octanol–water partition coefficient (Wildman–Crippen LogP) is 4.42. The highest BCUT2D eigenvalue weighted by molar-refractivity contribution is 7.09. The first kappa shape index (κ1) is 22.3. The number of rotatable bonds is 6. The maximum atomic E-state index is 13.3. The molecule has 5 rings (SSSR count). The number of thiophene rings is 1. The van der Waals surface area contributed by atoms with Gasteiger partial charge in [-0.05, 0) is 42.0 Å². The van der Waals surface area contributed by atoms with Crippen LogP contribution >= 0.6 is 11.3 Å². The topological polar surface area (TPSA) is 60.9 Å². The van der Waals surface area contributed by atoms with Gasteiger partial charge in [0.25, 0.3) is 11.8 Å². The number of hydrogen-bond acceptors (Lipinski definition) is 5. The number of fused-ring (bicyclic) bond motifs is 1. The lowest BCUT2D eigenvalue weighted by molar-refractivity contribution is -0.135. The number of amides is 3. The zero-order valence-corrected chi connectivity index (χ0v) is 20.0. The summed E-state index contributed by atoms with van der Waals surface area (Å²) in [6, 6.07) is 19.3. The lowest BCUT2D eigenvalue weighted by atomic mass is 9.94. The monoisotopic (exact) mass is 473 g/mol. The van der Waals surface area contributed by atoms with Crippen molar-refractivity contribution in [2.45, 2.75) is 25.9 Å². The van der Waals surface area contributed by atoms with E-state index in [1.165, 1.54) is 16.2 Å². The molecule has 3 aromatic rings. The molecule has 2 aliphatic rings. The first-order valence-electron chi connectivity index (χ1n) is 11.6. The van der Waals surface area contributed by atoms with Gasteiger partial charge in [-0.25, -0.2) is 0 Å². The number of hydrogen-bond donors (Lipinski definition) is 0. The van der Waals surface area contributed by atoms with Crippen molar-refractivity contribution in [3.05, 3.63) is 87.6 Å². The number of nitrogens with zero attached hydrogens (tertiary/aromatic N) is 3.